The molecule has 1 aliphatic heterocycles. The Hall–Kier alpha value is -0.610. The van der Waals surface area contributed by atoms with Gasteiger partial charge in [-0.2, -0.15) is 0 Å². The zero-order valence-corrected chi connectivity index (χ0v) is 11.4. The first-order valence-corrected chi connectivity index (χ1v) is 6.79. The Labute approximate surface area is 105 Å². The van der Waals surface area contributed by atoms with Crippen LogP contribution in [0.1, 0.15) is 39.5 Å². The molecule has 0 bridgehead atoms. The first-order chi connectivity index (χ1) is 8.19. The van der Waals surface area contributed by atoms with Crippen LogP contribution >= 0.6 is 0 Å². The molecule has 2 unspecified atom stereocenters. The fourth-order valence-electron chi connectivity index (χ4n) is 2.35. The molecule has 0 amide bonds. The van der Waals surface area contributed by atoms with E-state index >= 15 is 0 Å². The van der Waals surface area contributed by atoms with Gasteiger partial charge in [-0.05, 0) is 39.8 Å². The summed E-state index contributed by atoms with van der Waals surface area (Å²) in [5.74, 6) is -0.102. The highest BCUT2D eigenvalue weighted by Crippen LogP contribution is 2.14. The predicted octanol–water partition coefficient (Wildman–Crippen LogP) is 1.40. The molecule has 0 aromatic rings. The van der Waals surface area contributed by atoms with Gasteiger partial charge in [-0.15, -0.1) is 0 Å². The molecule has 1 heterocycles. The molecule has 0 aromatic carbocycles. The van der Waals surface area contributed by atoms with E-state index in [2.05, 4.69) is 24.2 Å². The van der Waals surface area contributed by atoms with Crippen LogP contribution in [-0.2, 0) is 9.53 Å². The Balaban J connectivity index is 2.35. The summed E-state index contributed by atoms with van der Waals surface area (Å²) in [5.41, 5.74) is 0. The lowest BCUT2D eigenvalue weighted by Gasteiger charge is -2.23. The van der Waals surface area contributed by atoms with Crippen LogP contribution in [0.5, 0.6) is 0 Å². The van der Waals surface area contributed by atoms with Crippen molar-refractivity contribution in [3.63, 3.8) is 0 Å². The van der Waals surface area contributed by atoms with Gasteiger partial charge in [0, 0.05) is 12.6 Å². The van der Waals surface area contributed by atoms with Gasteiger partial charge in [0.2, 0.25) is 0 Å². The number of hydrogen-bond acceptors (Lipinski definition) is 4. The highest BCUT2D eigenvalue weighted by atomic mass is 16.5. The van der Waals surface area contributed by atoms with E-state index in [-0.39, 0.29) is 12.0 Å². The molecular weight excluding hydrogens is 216 g/mol. The van der Waals surface area contributed by atoms with Gasteiger partial charge in [0.25, 0.3) is 0 Å². The largest absolute Gasteiger partial charge is 0.465 e. The number of rotatable bonds is 7. The van der Waals surface area contributed by atoms with Crippen molar-refractivity contribution in [1.82, 2.24) is 10.2 Å². The molecule has 17 heavy (non-hydrogen) atoms. The topological polar surface area (TPSA) is 41.6 Å². The highest BCUT2D eigenvalue weighted by molar-refractivity contribution is 5.75. The Kier molecular flexibility index (Phi) is 6.52. The van der Waals surface area contributed by atoms with Gasteiger partial charge in [0.1, 0.15) is 6.04 Å². The molecule has 0 spiro atoms. The van der Waals surface area contributed by atoms with Crippen LogP contribution in [0, 0.1) is 0 Å². The van der Waals surface area contributed by atoms with Crippen molar-refractivity contribution in [1.29, 1.82) is 0 Å². The number of ether oxygens (including phenoxy) is 1. The molecule has 1 rings (SSSR count). The van der Waals surface area contributed by atoms with Gasteiger partial charge in [0.05, 0.1) is 6.61 Å². The van der Waals surface area contributed by atoms with Gasteiger partial charge >= 0.3 is 5.97 Å². The van der Waals surface area contributed by atoms with Crippen molar-refractivity contribution in [2.75, 3.05) is 26.7 Å². The van der Waals surface area contributed by atoms with Gasteiger partial charge in [-0.1, -0.05) is 13.3 Å². The molecule has 0 radical (unpaired) electrons. The molecule has 100 valence electrons. The van der Waals surface area contributed by atoms with Crippen molar-refractivity contribution in [3.05, 3.63) is 0 Å². The average Bonchev–Trinajstić information content (AvgIpc) is 2.70. The van der Waals surface area contributed by atoms with E-state index in [1.54, 1.807) is 0 Å². The molecular formula is C13H26N2O2. The van der Waals surface area contributed by atoms with E-state index in [4.69, 9.17) is 4.74 Å². The quantitative estimate of drug-likeness (QED) is 0.685. The minimum atomic E-state index is -0.131. The summed E-state index contributed by atoms with van der Waals surface area (Å²) in [6, 6.07) is 0.442. The summed E-state index contributed by atoms with van der Waals surface area (Å²) in [6.07, 6.45) is 4.35. The minimum Gasteiger partial charge on any atom is -0.465 e. The molecule has 0 aliphatic carbocycles. The zero-order valence-electron chi connectivity index (χ0n) is 11.4. The van der Waals surface area contributed by atoms with Crippen molar-refractivity contribution in [2.45, 2.75) is 51.6 Å². The first kappa shape index (κ1) is 14.5. The summed E-state index contributed by atoms with van der Waals surface area (Å²) >= 11 is 0. The van der Waals surface area contributed by atoms with Crippen LogP contribution in [0.3, 0.4) is 0 Å². The third kappa shape index (κ3) is 4.64. The van der Waals surface area contributed by atoms with Gasteiger partial charge in [0.15, 0.2) is 0 Å². The fourth-order valence-corrected chi connectivity index (χ4v) is 2.35. The number of likely N-dealkylation sites (tertiary alicyclic amines) is 1. The Bertz CT molecular complexity index is 233. The van der Waals surface area contributed by atoms with Crippen molar-refractivity contribution < 1.29 is 9.53 Å². The maximum atomic E-state index is 11.7. The predicted molar refractivity (Wildman–Crippen MR) is 69.0 cm³/mol. The number of carbonyl (C=O) groups is 1. The number of likely N-dealkylation sites (N-methyl/N-ethyl adjacent to an activating group) is 1. The van der Waals surface area contributed by atoms with E-state index in [9.17, 15) is 4.79 Å². The maximum absolute atomic E-state index is 11.7. The SMILES string of the molecule is CCCC(NCC1CCCN1C)C(=O)OCC. The second kappa shape index (κ2) is 7.67. The van der Waals surface area contributed by atoms with Gasteiger partial charge in [-0.3, -0.25) is 4.79 Å². The first-order valence-electron chi connectivity index (χ1n) is 6.79. The molecule has 1 saturated heterocycles. The number of hydrogen-bond donors (Lipinski definition) is 1. The molecule has 2 atom stereocenters. The normalized spacial score (nSPS) is 22.6. The standard InChI is InChI=1S/C13H26N2O2/c1-4-7-12(13(16)17-5-2)14-10-11-8-6-9-15(11)3/h11-12,14H,4-10H2,1-3H3. The lowest BCUT2D eigenvalue weighted by molar-refractivity contribution is -0.145. The smallest absolute Gasteiger partial charge is 0.323 e. The van der Waals surface area contributed by atoms with Crippen LogP contribution in [0.2, 0.25) is 0 Å². The third-order valence-corrected chi connectivity index (χ3v) is 3.42. The van der Waals surface area contributed by atoms with Crippen molar-refractivity contribution >= 4 is 5.97 Å². The summed E-state index contributed by atoms with van der Waals surface area (Å²) in [6.45, 7) is 6.47. The summed E-state index contributed by atoms with van der Waals surface area (Å²) in [4.78, 5) is 14.1. The van der Waals surface area contributed by atoms with Crippen LogP contribution in [-0.4, -0.2) is 49.7 Å². The van der Waals surface area contributed by atoms with E-state index in [0.717, 1.165) is 19.4 Å². The molecule has 1 aliphatic rings. The lowest BCUT2D eigenvalue weighted by atomic mass is 10.1. The molecule has 0 aromatic heterocycles. The molecule has 0 saturated carbocycles. The van der Waals surface area contributed by atoms with Crippen LogP contribution in [0.25, 0.3) is 0 Å². The van der Waals surface area contributed by atoms with Crippen LogP contribution in [0.4, 0.5) is 0 Å². The summed E-state index contributed by atoms with van der Waals surface area (Å²) < 4.78 is 5.08. The van der Waals surface area contributed by atoms with Gasteiger partial charge < -0.3 is 15.0 Å². The number of nitrogens with zero attached hydrogens (tertiary/aromatic N) is 1. The average molecular weight is 242 g/mol. The van der Waals surface area contributed by atoms with Crippen molar-refractivity contribution in [2.24, 2.45) is 0 Å². The Morgan fingerprint density at radius 1 is 1.53 bits per heavy atom. The minimum absolute atomic E-state index is 0.102. The summed E-state index contributed by atoms with van der Waals surface area (Å²) in [5, 5.41) is 3.36. The fraction of sp³-hybridized carbons (Fsp3) is 0.923. The Morgan fingerprint density at radius 2 is 2.29 bits per heavy atom. The molecule has 4 nitrogen and oxygen atoms in total. The number of esters is 1. The van der Waals surface area contributed by atoms with Crippen LogP contribution < -0.4 is 5.32 Å². The van der Waals surface area contributed by atoms with E-state index in [1.807, 2.05) is 6.92 Å². The van der Waals surface area contributed by atoms with E-state index in [0.29, 0.717) is 12.6 Å². The van der Waals surface area contributed by atoms with E-state index in [1.165, 1.54) is 19.4 Å². The van der Waals surface area contributed by atoms with Gasteiger partial charge in [-0.25, -0.2) is 0 Å². The second-order valence-electron chi connectivity index (χ2n) is 4.78. The van der Waals surface area contributed by atoms with Crippen LogP contribution in [0.15, 0.2) is 0 Å². The number of nitrogens with one attached hydrogen (secondary N) is 1. The molecule has 1 fully saturated rings. The highest BCUT2D eigenvalue weighted by Gasteiger charge is 2.24. The second-order valence-corrected chi connectivity index (χ2v) is 4.78. The third-order valence-electron chi connectivity index (χ3n) is 3.42. The number of carbonyl (C=O) groups excluding carboxylic acids is 1. The maximum Gasteiger partial charge on any atom is 0.323 e. The zero-order chi connectivity index (χ0) is 12.7. The van der Waals surface area contributed by atoms with Crippen molar-refractivity contribution in [3.8, 4) is 0 Å². The Morgan fingerprint density at radius 3 is 2.82 bits per heavy atom. The van der Waals surface area contributed by atoms with E-state index < -0.39 is 0 Å². The molecule has 1 N–H and O–H groups in total. The molecule has 4 heteroatoms. The summed E-state index contributed by atoms with van der Waals surface area (Å²) in [7, 11) is 2.15. The monoisotopic (exact) mass is 242 g/mol. The lowest BCUT2D eigenvalue weighted by Crippen LogP contribution is -2.44.